The number of ether oxygens (including phenoxy) is 2. The lowest BCUT2D eigenvalue weighted by Gasteiger charge is -2.24. The molecule has 0 bridgehead atoms. The highest BCUT2D eigenvalue weighted by Crippen LogP contribution is 2.34. The maximum atomic E-state index is 13.3. The second kappa shape index (κ2) is 6.88. The Kier molecular flexibility index (Phi) is 4.66. The number of carbonyl (C=O) groups excluding carboxylic acids is 1. The molecule has 0 aromatic heterocycles. The average molecular weight is 330 g/mol. The lowest BCUT2D eigenvalue weighted by molar-refractivity contribution is -0.120. The molecule has 0 fully saturated rings. The van der Waals surface area contributed by atoms with Crippen molar-refractivity contribution >= 4 is 11.6 Å². The summed E-state index contributed by atoms with van der Waals surface area (Å²) in [6.07, 6.45) is 0. The van der Waals surface area contributed by atoms with E-state index in [1.54, 1.807) is 24.3 Å². The van der Waals surface area contributed by atoms with Crippen LogP contribution in [0.2, 0.25) is 0 Å². The number of halogens is 1. The van der Waals surface area contributed by atoms with E-state index in [1.165, 1.54) is 12.1 Å². The van der Waals surface area contributed by atoms with Crippen molar-refractivity contribution in [3.05, 3.63) is 53.8 Å². The Morgan fingerprint density at radius 3 is 2.83 bits per heavy atom. The molecule has 0 radical (unpaired) electrons. The molecule has 3 rings (SSSR count). The fourth-order valence-corrected chi connectivity index (χ4v) is 2.48. The standard InChI is InChI=1S/C18H19FN2O3/c1-12(21(2)10-13-4-3-5-14(19)8-13)18(22)20-15-6-7-16-17(9-15)24-11-23-16/h3-9,12H,10-11H2,1-2H3,(H,20,22)/t12-/m0/s1. The first-order valence-corrected chi connectivity index (χ1v) is 7.68. The molecule has 6 heteroatoms. The summed E-state index contributed by atoms with van der Waals surface area (Å²) < 4.78 is 23.8. The molecule has 0 saturated carbocycles. The van der Waals surface area contributed by atoms with E-state index in [-0.39, 0.29) is 24.6 Å². The van der Waals surface area contributed by atoms with Gasteiger partial charge in [-0.2, -0.15) is 0 Å². The maximum absolute atomic E-state index is 13.3. The van der Waals surface area contributed by atoms with Crippen molar-refractivity contribution in [2.24, 2.45) is 0 Å². The molecule has 2 aromatic rings. The highest BCUT2D eigenvalue weighted by atomic mass is 19.1. The highest BCUT2D eigenvalue weighted by Gasteiger charge is 2.20. The van der Waals surface area contributed by atoms with Gasteiger partial charge in [-0.25, -0.2) is 4.39 Å². The summed E-state index contributed by atoms with van der Waals surface area (Å²) in [7, 11) is 1.83. The molecule has 24 heavy (non-hydrogen) atoms. The van der Waals surface area contributed by atoms with Crippen LogP contribution in [0.15, 0.2) is 42.5 Å². The van der Waals surface area contributed by atoms with Crippen LogP contribution in [0.5, 0.6) is 11.5 Å². The maximum Gasteiger partial charge on any atom is 0.241 e. The van der Waals surface area contributed by atoms with Gasteiger partial charge in [0.1, 0.15) is 5.82 Å². The Morgan fingerprint density at radius 1 is 1.25 bits per heavy atom. The second-order valence-corrected chi connectivity index (χ2v) is 5.78. The van der Waals surface area contributed by atoms with E-state index in [0.717, 1.165) is 5.56 Å². The Labute approximate surface area is 140 Å². The van der Waals surface area contributed by atoms with Crippen molar-refractivity contribution in [2.45, 2.75) is 19.5 Å². The Bertz CT molecular complexity index is 751. The number of likely N-dealkylation sites (N-methyl/N-ethyl adjacent to an activating group) is 1. The summed E-state index contributed by atoms with van der Waals surface area (Å²) in [6.45, 7) is 2.48. The fraction of sp³-hybridized carbons (Fsp3) is 0.278. The summed E-state index contributed by atoms with van der Waals surface area (Å²) in [5, 5.41) is 2.86. The van der Waals surface area contributed by atoms with Gasteiger partial charge in [0.25, 0.3) is 0 Å². The van der Waals surface area contributed by atoms with Gasteiger partial charge in [-0.05, 0) is 43.8 Å². The van der Waals surface area contributed by atoms with E-state index in [4.69, 9.17) is 9.47 Å². The van der Waals surface area contributed by atoms with Gasteiger partial charge in [-0.1, -0.05) is 12.1 Å². The topological polar surface area (TPSA) is 50.8 Å². The van der Waals surface area contributed by atoms with Crippen LogP contribution >= 0.6 is 0 Å². The normalized spacial score (nSPS) is 13.8. The predicted molar refractivity (Wildman–Crippen MR) is 88.5 cm³/mol. The average Bonchev–Trinajstić information content (AvgIpc) is 3.01. The van der Waals surface area contributed by atoms with Gasteiger partial charge >= 0.3 is 0 Å². The molecule has 0 spiro atoms. The summed E-state index contributed by atoms with van der Waals surface area (Å²) in [5.74, 6) is 0.865. The number of fused-ring (bicyclic) bond motifs is 1. The molecule has 0 saturated heterocycles. The molecule has 1 heterocycles. The zero-order chi connectivity index (χ0) is 17.1. The number of hydrogen-bond donors (Lipinski definition) is 1. The van der Waals surface area contributed by atoms with Crippen LogP contribution in [0.3, 0.4) is 0 Å². The first kappa shape index (κ1) is 16.3. The number of rotatable bonds is 5. The van der Waals surface area contributed by atoms with Gasteiger partial charge in [-0.3, -0.25) is 9.69 Å². The molecule has 1 aliphatic rings. The van der Waals surface area contributed by atoms with Crippen LogP contribution in [0.25, 0.3) is 0 Å². The van der Waals surface area contributed by atoms with Crippen molar-refractivity contribution in [1.29, 1.82) is 0 Å². The van der Waals surface area contributed by atoms with Crippen molar-refractivity contribution in [1.82, 2.24) is 4.90 Å². The van der Waals surface area contributed by atoms with E-state index < -0.39 is 0 Å². The number of nitrogens with zero attached hydrogens (tertiary/aromatic N) is 1. The minimum atomic E-state index is -0.376. The Balaban J connectivity index is 1.61. The van der Waals surface area contributed by atoms with Gasteiger partial charge in [0.2, 0.25) is 12.7 Å². The number of hydrogen-bond acceptors (Lipinski definition) is 4. The molecule has 1 atom stereocenters. The van der Waals surface area contributed by atoms with Crippen LogP contribution < -0.4 is 14.8 Å². The van der Waals surface area contributed by atoms with E-state index >= 15 is 0 Å². The Morgan fingerprint density at radius 2 is 2.04 bits per heavy atom. The van der Waals surface area contributed by atoms with Gasteiger partial charge in [0.15, 0.2) is 11.5 Å². The number of nitrogens with one attached hydrogen (secondary N) is 1. The van der Waals surface area contributed by atoms with Crippen LogP contribution in [-0.4, -0.2) is 30.7 Å². The largest absolute Gasteiger partial charge is 0.454 e. The summed E-state index contributed by atoms with van der Waals surface area (Å²) >= 11 is 0. The minimum Gasteiger partial charge on any atom is -0.454 e. The number of anilines is 1. The van der Waals surface area contributed by atoms with Crippen molar-refractivity contribution < 1.29 is 18.7 Å². The lowest BCUT2D eigenvalue weighted by atomic mass is 10.1. The SMILES string of the molecule is C[C@@H](C(=O)Nc1ccc2c(c1)OCO2)N(C)Cc1cccc(F)c1. The van der Waals surface area contributed by atoms with Crippen LogP contribution in [0.1, 0.15) is 12.5 Å². The Hall–Kier alpha value is -2.60. The highest BCUT2D eigenvalue weighted by molar-refractivity contribution is 5.94. The monoisotopic (exact) mass is 330 g/mol. The molecule has 1 amide bonds. The summed E-state index contributed by atoms with van der Waals surface area (Å²) in [4.78, 5) is 14.3. The van der Waals surface area contributed by atoms with Crippen LogP contribution in [-0.2, 0) is 11.3 Å². The second-order valence-electron chi connectivity index (χ2n) is 5.78. The van der Waals surface area contributed by atoms with E-state index in [0.29, 0.717) is 23.7 Å². The number of carbonyl (C=O) groups is 1. The lowest BCUT2D eigenvalue weighted by Crippen LogP contribution is -2.39. The zero-order valence-electron chi connectivity index (χ0n) is 13.6. The molecule has 0 aliphatic carbocycles. The number of benzene rings is 2. The smallest absolute Gasteiger partial charge is 0.241 e. The molecule has 1 N–H and O–H groups in total. The van der Waals surface area contributed by atoms with Gasteiger partial charge in [0.05, 0.1) is 6.04 Å². The first-order chi connectivity index (χ1) is 11.5. The number of amides is 1. The van der Waals surface area contributed by atoms with E-state index in [2.05, 4.69) is 5.32 Å². The summed E-state index contributed by atoms with van der Waals surface area (Å²) in [5.41, 5.74) is 1.47. The van der Waals surface area contributed by atoms with Crippen molar-refractivity contribution in [2.75, 3.05) is 19.2 Å². The van der Waals surface area contributed by atoms with Crippen molar-refractivity contribution in [3.8, 4) is 11.5 Å². The summed E-state index contributed by atoms with van der Waals surface area (Å²) in [6, 6.07) is 11.3. The van der Waals surface area contributed by atoms with Gasteiger partial charge in [0, 0.05) is 18.3 Å². The third-order valence-electron chi connectivity index (χ3n) is 4.00. The third kappa shape index (κ3) is 3.65. The molecule has 0 unspecified atom stereocenters. The van der Waals surface area contributed by atoms with Gasteiger partial charge in [-0.15, -0.1) is 0 Å². The van der Waals surface area contributed by atoms with E-state index in [1.807, 2.05) is 24.9 Å². The third-order valence-corrected chi connectivity index (χ3v) is 4.00. The quantitative estimate of drug-likeness (QED) is 0.916. The van der Waals surface area contributed by atoms with Crippen LogP contribution in [0, 0.1) is 5.82 Å². The molecule has 5 nitrogen and oxygen atoms in total. The molecule has 2 aromatic carbocycles. The van der Waals surface area contributed by atoms with E-state index in [9.17, 15) is 9.18 Å². The fourth-order valence-electron chi connectivity index (χ4n) is 2.48. The van der Waals surface area contributed by atoms with Gasteiger partial charge < -0.3 is 14.8 Å². The van der Waals surface area contributed by atoms with Crippen molar-refractivity contribution in [3.63, 3.8) is 0 Å². The molecule has 1 aliphatic heterocycles. The molecule has 126 valence electrons. The van der Waals surface area contributed by atoms with Crippen LogP contribution in [0.4, 0.5) is 10.1 Å². The molecular weight excluding hydrogens is 311 g/mol. The first-order valence-electron chi connectivity index (χ1n) is 7.68. The zero-order valence-corrected chi connectivity index (χ0v) is 13.6. The predicted octanol–water partition coefficient (Wildman–Crippen LogP) is 3.01. The molecular formula is C18H19FN2O3. The minimum absolute atomic E-state index is 0.146.